The highest BCUT2D eigenvalue weighted by Crippen LogP contribution is 2.34. The molecule has 0 radical (unpaired) electrons. The Kier molecular flexibility index (Phi) is 5.25. The fraction of sp³-hybridized carbons (Fsp3) is 0.500. The highest BCUT2D eigenvalue weighted by atomic mass is 19.1. The molecule has 4 heterocycles. The van der Waals surface area contributed by atoms with Crippen LogP contribution < -0.4 is 10.6 Å². The number of aromatic nitrogens is 4. The topological polar surface area (TPSA) is 83.7 Å². The Balaban J connectivity index is 1.64. The molecule has 4 rings (SSSR count). The summed E-state index contributed by atoms with van der Waals surface area (Å²) in [5, 5.41) is 7.84. The van der Waals surface area contributed by atoms with E-state index in [4.69, 9.17) is 5.73 Å². The fourth-order valence-corrected chi connectivity index (χ4v) is 4.20. The molecule has 3 aromatic heterocycles. The third kappa shape index (κ3) is 3.71. The minimum Gasteiger partial charge on any atom is -0.356 e. The van der Waals surface area contributed by atoms with Gasteiger partial charge in [0, 0.05) is 30.7 Å². The lowest BCUT2D eigenvalue weighted by Crippen LogP contribution is -2.50. The molecule has 0 aliphatic carbocycles. The summed E-state index contributed by atoms with van der Waals surface area (Å²) in [5.41, 5.74) is 8.13. The zero-order chi connectivity index (χ0) is 20.6. The molecule has 1 aliphatic heterocycles. The van der Waals surface area contributed by atoms with E-state index in [1.54, 1.807) is 12.3 Å². The zero-order valence-electron chi connectivity index (χ0n) is 17.3. The van der Waals surface area contributed by atoms with Gasteiger partial charge in [0.05, 0.1) is 5.69 Å². The molecule has 3 N–H and O–H groups in total. The highest BCUT2D eigenvalue weighted by molar-refractivity contribution is 5.89. The van der Waals surface area contributed by atoms with Gasteiger partial charge in [0.2, 0.25) is 0 Å². The Morgan fingerprint density at radius 2 is 2.17 bits per heavy atom. The number of fused-ring (bicyclic) bond motifs is 1. The van der Waals surface area contributed by atoms with Crippen LogP contribution in [0.25, 0.3) is 22.4 Å². The average molecular weight is 397 g/mol. The van der Waals surface area contributed by atoms with Gasteiger partial charge >= 0.3 is 0 Å². The molecule has 6 nitrogen and oxygen atoms in total. The van der Waals surface area contributed by atoms with Crippen molar-refractivity contribution in [1.29, 1.82) is 0 Å². The Morgan fingerprint density at radius 1 is 1.34 bits per heavy atom. The maximum Gasteiger partial charge on any atom is 0.181 e. The van der Waals surface area contributed by atoms with Crippen LogP contribution in [0, 0.1) is 17.2 Å². The first-order valence-corrected chi connectivity index (χ1v) is 10.4. The molecular formula is C22H29FN6. The predicted octanol–water partition coefficient (Wildman–Crippen LogP) is 4.14. The normalized spacial score (nSPS) is 18.9. The number of halogens is 1. The van der Waals surface area contributed by atoms with Crippen molar-refractivity contribution in [2.45, 2.75) is 46.1 Å². The summed E-state index contributed by atoms with van der Waals surface area (Å²) in [6.45, 7) is 8.41. The molecule has 0 amide bonds. The number of H-pyrrole nitrogens is 1. The molecule has 3 aromatic rings. The summed E-state index contributed by atoms with van der Waals surface area (Å²) in [5.74, 6) is 0.797. The van der Waals surface area contributed by atoms with Crippen molar-refractivity contribution in [2.75, 3.05) is 18.0 Å². The van der Waals surface area contributed by atoms with Gasteiger partial charge in [-0.2, -0.15) is 5.10 Å². The molecule has 0 bridgehead atoms. The van der Waals surface area contributed by atoms with Crippen LogP contribution in [0.1, 0.15) is 40.0 Å². The Bertz CT molecular complexity index is 998. The Morgan fingerprint density at radius 3 is 2.97 bits per heavy atom. The summed E-state index contributed by atoms with van der Waals surface area (Å²) >= 11 is 0. The molecule has 7 heteroatoms. The van der Waals surface area contributed by atoms with Gasteiger partial charge in [0.15, 0.2) is 11.5 Å². The molecule has 0 spiro atoms. The number of hydrogen-bond donors (Lipinski definition) is 2. The largest absolute Gasteiger partial charge is 0.356 e. The van der Waals surface area contributed by atoms with E-state index in [2.05, 4.69) is 45.8 Å². The third-order valence-corrected chi connectivity index (χ3v) is 6.50. The van der Waals surface area contributed by atoms with Gasteiger partial charge in [-0.05, 0) is 54.9 Å². The number of aromatic amines is 1. The minimum atomic E-state index is -0.375. The van der Waals surface area contributed by atoms with Crippen molar-refractivity contribution >= 4 is 16.9 Å². The van der Waals surface area contributed by atoms with Crippen LogP contribution >= 0.6 is 0 Å². The number of rotatable bonds is 5. The van der Waals surface area contributed by atoms with Crippen LogP contribution in [-0.2, 0) is 0 Å². The van der Waals surface area contributed by atoms with Gasteiger partial charge in [-0.1, -0.05) is 20.8 Å². The minimum absolute atomic E-state index is 0.0941. The summed E-state index contributed by atoms with van der Waals surface area (Å²) in [6.07, 6.45) is 4.89. The van der Waals surface area contributed by atoms with E-state index in [0.717, 1.165) is 43.6 Å². The summed E-state index contributed by atoms with van der Waals surface area (Å²) in [6, 6.07) is 7.06. The molecule has 2 unspecified atom stereocenters. The molecule has 1 aliphatic rings. The van der Waals surface area contributed by atoms with E-state index in [0.29, 0.717) is 17.3 Å². The van der Waals surface area contributed by atoms with Crippen molar-refractivity contribution in [3.8, 4) is 11.4 Å². The quantitative estimate of drug-likeness (QED) is 0.677. The van der Waals surface area contributed by atoms with Crippen molar-refractivity contribution in [1.82, 2.24) is 20.2 Å². The average Bonchev–Trinajstić information content (AvgIpc) is 3.17. The highest BCUT2D eigenvalue weighted by Gasteiger charge is 2.34. The number of nitrogens with two attached hydrogens (primary N) is 1. The number of piperidine rings is 1. The molecule has 2 atom stereocenters. The first-order valence-electron chi connectivity index (χ1n) is 10.4. The van der Waals surface area contributed by atoms with Gasteiger partial charge < -0.3 is 10.6 Å². The van der Waals surface area contributed by atoms with Gasteiger partial charge in [-0.3, -0.25) is 5.10 Å². The lowest BCUT2D eigenvalue weighted by Gasteiger charge is -2.42. The van der Waals surface area contributed by atoms with E-state index in [1.165, 1.54) is 6.07 Å². The van der Waals surface area contributed by atoms with E-state index >= 15 is 0 Å². The second-order valence-electron chi connectivity index (χ2n) is 8.69. The summed E-state index contributed by atoms with van der Waals surface area (Å²) in [4.78, 5) is 11.1. The van der Waals surface area contributed by atoms with Crippen LogP contribution in [0.3, 0.4) is 0 Å². The number of nitrogens with one attached hydrogen (secondary N) is 1. The SMILES string of the molecule is CCC(C)(C)C(N)C1CCCN(c2ccc(F)c(-c3[nH]nc4ncccc34)n2)C1. The Hall–Kier alpha value is -2.54. The molecule has 0 aromatic carbocycles. The van der Waals surface area contributed by atoms with E-state index in [-0.39, 0.29) is 23.0 Å². The van der Waals surface area contributed by atoms with E-state index in [1.807, 2.05) is 12.1 Å². The first kappa shape index (κ1) is 19.8. The van der Waals surface area contributed by atoms with Crippen molar-refractivity contribution < 1.29 is 4.39 Å². The third-order valence-electron chi connectivity index (χ3n) is 6.50. The molecule has 1 fully saturated rings. The van der Waals surface area contributed by atoms with Gasteiger partial charge in [0.1, 0.15) is 11.5 Å². The predicted molar refractivity (Wildman–Crippen MR) is 114 cm³/mol. The monoisotopic (exact) mass is 396 g/mol. The standard InChI is InChI=1S/C22H29FN6/c1-4-22(2,3)20(24)14-7-6-12-29(13-14)17-10-9-16(23)19(26-17)18-15-8-5-11-25-21(15)28-27-18/h5,8-11,14,20H,4,6-7,12-13,24H2,1-3H3,(H,25,27,28). The van der Waals surface area contributed by atoms with Gasteiger partial charge in [-0.15, -0.1) is 0 Å². The van der Waals surface area contributed by atoms with Crippen molar-refractivity contribution in [2.24, 2.45) is 17.1 Å². The second-order valence-corrected chi connectivity index (χ2v) is 8.69. The molecule has 1 saturated heterocycles. The van der Waals surface area contributed by atoms with Gasteiger partial charge in [-0.25, -0.2) is 14.4 Å². The summed E-state index contributed by atoms with van der Waals surface area (Å²) in [7, 11) is 0. The number of anilines is 1. The van der Waals surface area contributed by atoms with Crippen LogP contribution in [0.5, 0.6) is 0 Å². The van der Waals surface area contributed by atoms with Crippen LogP contribution in [0.15, 0.2) is 30.5 Å². The molecule has 0 saturated carbocycles. The van der Waals surface area contributed by atoms with E-state index < -0.39 is 0 Å². The number of pyridine rings is 2. The second kappa shape index (κ2) is 7.71. The molecule has 29 heavy (non-hydrogen) atoms. The van der Waals surface area contributed by atoms with Gasteiger partial charge in [0.25, 0.3) is 0 Å². The smallest absolute Gasteiger partial charge is 0.181 e. The zero-order valence-corrected chi connectivity index (χ0v) is 17.3. The van der Waals surface area contributed by atoms with Crippen LogP contribution in [-0.4, -0.2) is 39.3 Å². The Labute approximate surface area is 170 Å². The maximum absolute atomic E-state index is 14.7. The van der Waals surface area contributed by atoms with Crippen molar-refractivity contribution in [3.63, 3.8) is 0 Å². The van der Waals surface area contributed by atoms with Crippen molar-refractivity contribution in [3.05, 3.63) is 36.3 Å². The van der Waals surface area contributed by atoms with E-state index in [9.17, 15) is 4.39 Å². The lowest BCUT2D eigenvalue weighted by atomic mass is 9.73. The number of hydrogen-bond acceptors (Lipinski definition) is 5. The fourth-order valence-electron chi connectivity index (χ4n) is 4.20. The molecule has 154 valence electrons. The number of nitrogens with zero attached hydrogens (tertiary/aromatic N) is 4. The van der Waals surface area contributed by atoms with Crippen LogP contribution in [0.2, 0.25) is 0 Å². The molecular weight excluding hydrogens is 367 g/mol. The summed E-state index contributed by atoms with van der Waals surface area (Å²) < 4.78 is 14.7. The maximum atomic E-state index is 14.7. The lowest BCUT2D eigenvalue weighted by molar-refractivity contribution is 0.188. The van der Waals surface area contributed by atoms with Crippen LogP contribution in [0.4, 0.5) is 10.2 Å². The first-order chi connectivity index (χ1) is 13.9.